The van der Waals surface area contributed by atoms with Gasteiger partial charge in [-0.2, -0.15) is 0 Å². The van der Waals surface area contributed by atoms with Crippen molar-refractivity contribution in [2.45, 2.75) is 43.5 Å². The van der Waals surface area contributed by atoms with E-state index in [1.807, 2.05) is 6.92 Å². The lowest BCUT2D eigenvalue weighted by Crippen LogP contribution is -2.48. The number of hydrogen-bond donors (Lipinski definition) is 2. The maximum Gasteiger partial charge on any atom is 0.339 e. The summed E-state index contributed by atoms with van der Waals surface area (Å²) in [6, 6.07) is 4.93. The lowest BCUT2D eigenvalue weighted by atomic mass is 9.86. The van der Waals surface area contributed by atoms with Crippen molar-refractivity contribution in [1.29, 1.82) is 0 Å². The minimum atomic E-state index is -3.62. The molecule has 0 radical (unpaired) electrons. The topological polar surface area (TPSA) is 119 Å². The van der Waals surface area contributed by atoms with Crippen molar-refractivity contribution in [3.8, 4) is 0 Å². The first-order valence-electron chi connectivity index (χ1n) is 8.75. The van der Waals surface area contributed by atoms with Crippen LogP contribution >= 0.6 is 0 Å². The summed E-state index contributed by atoms with van der Waals surface area (Å²) >= 11 is 0. The van der Waals surface area contributed by atoms with Crippen molar-refractivity contribution in [1.82, 2.24) is 10.6 Å². The first kappa shape index (κ1) is 20.9. The van der Waals surface area contributed by atoms with Crippen molar-refractivity contribution >= 4 is 27.7 Å². The smallest absolute Gasteiger partial charge is 0.339 e. The number of esters is 1. The summed E-state index contributed by atoms with van der Waals surface area (Å²) in [6.45, 7) is 1.36. The van der Waals surface area contributed by atoms with E-state index in [-0.39, 0.29) is 16.5 Å². The highest BCUT2D eigenvalue weighted by molar-refractivity contribution is 7.90. The molecule has 0 heterocycles. The number of imide groups is 1. The summed E-state index contributed by atoms with van der Waals surface area (Å²) < 4.78 is 28.3. The first-order valence-corrected chi connectivity index (χ1v) is 10.6. The predicted molar refractivity (Wildman–Crippen MR) is 97.9 cm³/mol. The van der Waals surface area contributed by atoms with E-state index in [2.05, 4.69) is 10.6 Å². The van der Waals surface area contributed by atoms with Gasteiger partial charge in [-0.3, -0.25) is 10.1 Å². The summed E-state index contributed by atoms with van der Waals surface area (Å²) in [4.78, 5) is 35.6. The monoisotopic (exact) mass is 396 g/mol. The second kappa shape index (κ2) is 8.98. The normalized spacial score (nSPS) is 19.8. The Kier molecular flexibility index (Phi) is 6.95. The Bertz CT molecular complexity index is 821. The quantitative estimate of drug-likeness (QED) is 0.731. The zero-order chi connectivity index (χ0) is 20.0. The number of carbonyl (C=O) groups excluding carboxylic acids is 3. The number of nitrogens with one attached hydrogen (secondary N) is 2. The number of ether oxygens (including phenoxy) is 1. The molecule has 3 amide bonds. The molecule has 0 unspecified atom stereocenters. The van der Waals surface area contributed by atoms with Crippen molar-refractivity contribution < 1.29 is 27.5 Å². The molecule has 1 aliphatic carbocycles. The van der Waals surface area contributed by atoms with Crippen LogP contribution in [0.1, 0.15) is 43.0 Å². The van der Waals surface area contributed by atoms with Crippen LogP contribution in [0.2, 0.25) is 0 Å². The Balaban J connectivity index is 1.87. The number of rotatable bonds is 5. The van der Waals surface area contributed by atoms with E-state index in [1.54, 1.807) is 0 Å². The molecule has 8 nitrogen and oxygen atoms in total. The molecule has 1 aliphatic rings. The molecule has 0 bridgehead atoms. The predicted octanol–water partition coefficient (Wildman–Crippen LogP) is 1.65. The molecule has 0 saturated heterocycles. The molecule has 2 N–H and O–H groups in total. The van der Waals surface area contributed by atoms with Gasteiger partial charge in [0.05, 0.1) is 10.5 Å². The molecule has 1 saturated carbocycles. The summed E-state index contributed by atoms with van der Waals surface area (Å²) in [7, 11) is -3.62. The maximum absolute atomic E-state index is 12.1. The highest BCUT2D eigenvalue weighted by atomic mass is 32.2. The Morgan fingerprint density at radius 2 is 1.81 bits per heavy atom. The van der Waals surface area contributed by atoms with Gasteiger partial charge >= 0.3 is 12.0 Å². The molecule has 1 aromatic rings. The van der Waals surface area contributed by atoms with E-state index < -0.39 is 34.4 Å². The van der Waals surface area contributed by atoms with E-state index in [0.717, 1.165) is 31.9 Å². The molecule has 27 heavy (non-hydrogen) atoms. The third-order valence-electron chi connectivity index (χ3n) is 4.52. The highest BCUT2D eigenvalue weighted by Gasteiger charge is 2.24. The molecular weight excluding hydrogens is 372 g/mol. The number of carbonyl (C=O) groups is 3. The zero-order valence-corrected chi connectivity index (χ0v) is 16.2. The minimum absolute atomic E-state index is 0.00994. The standard InChI is InChI=1S/C18H24N2O6S/c1-12-7-3-5-9-14(12)19-18(23)20-16(21)11-26-17(22)13-8-4-6-10-15(13)27(2,24)25/h4,6,8,10,12,14H,3,5,7,9,11H2,1-2H3,(H2,19,20,21,23)/t12-,14-/m1/s1. The van der Waals surface area contributed by atoms with E-state index in [4.69, 9.17) is 4.74 Å². The van der Waals surface area contributed by atoms with Gasteiger partial charge in [0.25, 0.3) is 5.91 Å². The van der Waals surface area contributed by atoms with Crippen LogP contribution in [0.4, 0.5) is 4.79 Å². The fourth-order valence-corrected chi connectivity index (χ4v) is 3.94. The van der Waals surface area contributed by atoms with Gasteiger partial charge < -0.3 is 10.1 Å². The molecule has 1 aromatic carbocycles. The van der Waals surface area contributed by atoms with Crippen LogP contribution in [-0.2, 0) is 19.4 Å². The van der Waals surface area contributed by atoms with Gasteiger partial charge in [-0.25, -0.2) is 18.0 Å². The largest absolute Gasteiger partial charge is 0.452 e. The minimum Gasteiger partial charge on any atom is -0.452 e. The van der Waals surface area contributed by atoms with Crippen LogP contribution in [0, 0.1) is 5.92 Å². The van der Waals surface area contributed by atoms with Crippen LogP contribution < -0.4 is 10.6 Å². The number of amides is 3. The lowest BCUT2D eigenvalue weighted by Gasteiger charge is -2.29. The second-order valence-corrected chi connectivity index (χ2v) is 8.72. The van der Waals surface area contributed by atoms with E-state index in [9.17, 15) is 22.8 Å². The van der Waals surface area contributed by atoms with Gasteiger partial charge in [-0.15, -0.1) is 0 Å². The zero-order valence-electron chi connectivity index (χ0n) is 15.4. The van der Waals surface area contributed by atoms with Gasteiger partial charge in [0.15, 0.2) is 16.4 Å². The van der Waals surface area contributed by atoms with Crippen molar-refractivity contribution in [3.63, 3.8) is 0 Å². The average Bonchev–Trinajstić information content (AvgIpc) is 2.61. The maximum atomic E-state index is 12.1. The van der Waals surface area contributed by atoms with Crippen LogP contribution in [-0.4, -0.2) is 45.2 Å². The molecule has 0 aromatic heterocycles. The number of benzene rings is 1. The van der Waals surface area contributed by atoms with Crippen LogP contribution in [0.15, 0.2) is 29.2 Å². The molecule has 2 rings (SSSR count). The Hall–Kier alpha value is -2.42. The van der Waals surface area contributed by atoms with Crippen molar-refractivity contribution in [3.05, 3.63) is 29.8 Å². The van der Waals surface area contributed by atoms with Gasteiger partial charge in [-0.1, -0.05) is 31.9 Å². The Labute approximate surface area is 158 Å². The Morgan fingerprint density at radius 1 is 1.15 bits per heavy atom. The molecule has 0 spiro atoms. The van der Waals surface area contributed by atoms with Crippen molar-refractivity contribution in [2.24, 2.45) is 5.92 Å². The van der Waals surface area contributed by atoms with Gasteiger partial charge in [-0.05, 0) is 30.9 Å². The first-order chi connectivity index (χ1) is 12.7. The molecule has 1 fully saturated rings. The Morgan fingerprint density at radius 3 is 2.48 bits per heavy atom. The third-order valence-corrected chi connectivity index (χ3v) is 5.68. The van der Waals surface area contributed by atoms with Crippen LogP contribution in [0.5, 0.6) is 0 Å². The van der Waals surface area contributed by atoms with Crippen LogP contribution in [0.3, 0.4) is 0 Å². The van der Waals surface area contributed by atoms with Gasteiger partial charge in [0.1, 0.15) is 0 Å². The summed E-state index contributed by atoms with van der Waals surface area (Å²) in [5.74, 6) is -1.40. The van der Waals surface area contributed by atoms with Gasteiger partial charge in [0, 0.05) is 12.3 Å². The van der Waals surface area contributed by atoms with Gasteiger partial charge in [0.2, 0.25) is 0 Å². The number of urea groups is 1. The fourth-order valence-electron chi connectivity index (χ4n) is 3.07. The van der Waals surface area contributed by atoms with Crippen LogP contribution in [0.25, 0.3) is 0 Å². The lowest BCUT2D eigenvalue weighted by molar-refractivity contribution is -0.123. The summed E-state index contributed by atoms with van der Waals surface area (Å²) in [5.41, 5.74) is -0.159. The van der Waals surface area contributed by atoms with E-state index in [0.29, 0.717) is 5.92 Å². The third kappa shape index (κ3) is 6.06. The van der Waals surface area contributed by atoms with E-state index >= 15 is 0 Å². The molecular formula is C18H24N2O6S. The fraction of sp³-hybridized carbons (Fsp3) is 0.500. The molecule has 2 atom stereocenters. The average molecular weight is 396 g/mol. The second-order valence-electron chi connectivity index (χ2n) is 6.73. The summed E-state index contributed by atoms with van der Waals surface area (Å²) in [6.07, 6.45) is 5.02. The van der Waals surface area contributed by atoms with E-state index in [1.165, 1.54) is 24.3 Å². The molecule has 9 heteroatoms. The molecule has 0 aliphatic heterocycles. The summed E-state index contributed by atoms with van der Waals surface area (Å²) in [5, 5.41) is 4.87. The van der Waals surface area contributed by atoms with Crippen molar-refractivity contribution in [2.75, 3.05) is 12.9 Å². The number of sulfone groups is 1. The number of hydrogen-bond acceptors (Lipinski definition) is 6. The molecule has 148 valence electrons. The highest BCUT2D eigenvalue weighted by Crippen LogP contribution is 2.23. The SMILES string of the molecule is C[C@@H]1CCCC[C@H]1NC(=O)NC(=O)COC(=O)c1ccccc1S(C)(=O)=O.